The number of nitrogens with zero attached hydrogens (tertiary/aromatic N) is 1. The fourth-order valence-electron chi connectivity index (χ4n) is 2.36. The van der Waals surface area contributed by atoms with E-state index in [1.807, 2.05) is 4.90 Å². The molecule has 1 amide bonds. The fourth-order valence-corrected chi connectivity index (χ4v) is 2.36. The lowest BCUT2D eigenvalue weighted by atomic mass is 9.97. The van der Waals surface area contributed by atoms with E-state index in [4.69, 9.17) is 4.74 Å². The molecule has 1 N–H and O–H groups in total. The first-order valence-electron chi connectivity index (χ1n) is 5.82. The lowest BCUT2D eigenvalue weighted by molar-refractivity contribution is -0.137. The van der Waals surface area contributed by atoms with Crippen LogP contribution in [0.15, 0.2) is 0 Å². The summed E-state index contributed by atoms with van der Waals surface area (Å²) in [5, 5.41) is 3.17. The van der Waals surface area contributed by atoms with Gasteiger partial charge in [-0.05, 0) is 31.7 Å². The molecule has 16 heavy (non-hydrogen) atoms. The average Bonchev–Trinajstić information content (AvgIpc) is 2.16. The maximum atomic E-state index is 12.0. The standard InChI is InChI=1S/C11H20N2O2.ClH/c1-15-8-9-3-2-6-13(7-9)11(14)10-4-5-12-10;/h9-10,12H,2-8H2,1H3;1H/t9?,10-;/m1./s1. The first kappa shape index (κ1) is 13.7. The minimum Gasteiger partial charge on any atom is -0.384 e. The van der Waals surface area contributed by atoms with Gasteiger partial charge in [-0.25, -0.2) is 0 Å². The number of likely N-dealkylation sites (tertiary alicyclic amines) is 1. The van der Waals surface area contributed by atoms with Gasteiger partial charge in [0.1, 0.15) is 0 Å². The van der Waals surface area contributed by atoms with E-state index >= 15 is 0 Å². The Morgan fingerprint density at radius 2 is 2.25 bits per heavy atom. The number of nitrogens with one attached hydrogen (secondary N) is 1. The second-order valence-electron chi connectivity index (χ2n) is 4.54. The Morgan fingerprint density at radius 3 is 2.81 bits per heavy atom. The van der Waals surface area contributed by atoms with E-state index in [0.717, 1.165) is 39.1 Å². The summed E-state index contributed by atoms with van der Waals surface area (Å²) in [5.41, 5.74) is 0. The van der Waals surface area contributed by atoms with Gasteiger partial charge in [-0.1, -0.05) is 0 Å². The number of carbonyl (C=O) groups is 1. The summed E-state index contributed by atoms with van der Waals surface area (Å²) >= 11 is 0. The maximum Gasteiger partial charge on any atom is 0.239 e. The molecule has 2 fully saturated rings. The van der Waals surface area contributed by atoms with Gasteiger partial charge < -0.3 is 15.0 Å². The van der Waals surface area contributed by atoms with Crippen LogP contribution in [0.5, 0.6) is 0 Å². The third-order valence-corrected chi connectivity index (χ3v) is 3.35. The fraction of sp³-hybridized carbons (Fsp3) is 0.909. The van der Waals surface area contributed by atoms with Crippen molar-refractivity contribution in [2.75, 3.05) is 33.4 Å². The number of amides is 1. The van der Waals surface area contributed by atoms with E-state index in [1.165, 1.54) is 6.42 Å². The van der Waals surface area contributed by atoms with Gasteiger partial charge in [-0.2, -0.15) is 0 Å². The second kappa shape index (κ2) is 6.42. The van der Waals surface area contributed by atoms with Crippen LogP contribution in [-0.4, -0.2) is 50.2 Å². The van der Waals surface area contributed by atoms with E-state index in [9.17, 15) is 4.79 Å². The van der Waals surface area contributed by atoms with Crippen LogP contribution in [0, 0.1) is 5.92 Å². The minimum atomic E-state index is 0. The number of halogens is 1. The summed E-state index contributed by atoms with van der Waals surface area (Å²) in [6.45, 7) is 3.58. The first-order valence-corrected chi connectivity index (χ1v) is 5.82. The molecule has 2 heterocycles. The zero-order valence-electron chi connectivity index (χ0n) is 9.78. The zero-order valence-corrected chi connectivity index (χ0v) is 10.6. The van der Waals surface area contributed by atoms with E-state index in [2.05, 4.69) is 5.32 Å². The number of hydrogen-bond donors (Lipinski definition) is 1. The van der Waals surface area contributed by atoms with Crippen molar-refractivity contribution in [1.82, 2.24) is 10.2 Å². The first-order chi connectivity index (χ1) is 7.31. The van der Waals surface area contributed by atoms with Crippen LogP contribution in [0.4, 0.5) is 0 Å². The highest BCUT2D eigenvalue weighted by molar-refractivity contribution is 5.85. The van der Waals surface area contributed by atoms with Crippen molar-refractivity contribution in [2.24, 2.45) is 5.92 Å². The molecule has 0 spiro atoms. The molecule has 2 saturated heterocycles. The smallest absolute Gasteiger partial charge is 0.239 e. The summed E-state index contributed by atoms with van der Waals surface area (Å²) in [6, 6.07) is 0.103. The Kier molecular flexibility index (Phi) is 5.52. The van der Waals surface area contributed by atoms with Gasteiger partial charge in [-0.15, -0.1) is 12.4 Å². The molecule has 0 aromatic carbocycles. The van der Waals surface area contributed by atoms with Gasteiger partial charge in [0.05, 0.1) is 12.6 Å². The van der Waals surface area contributed by atoms with Gasteiger partial charge >= 0.3 is 0 Å². The number of ether oxygens (including phenoxy) is 1. The molecule has 5 heteroatoms. The molecule has 0 bridgehead atoms. The summed E-state index contributed by atoms with van der Waals surface area (Å²) in [5.74, 6) is 0.829. The van der Waals surface area contributed by atoms with Crippen molar-refractivity contribution in [2.45, 2.75) is 25.3 Å². The summed E-state index contributed by atoms with van der Waals surface area (Å²) in [6.07, 6.45) is 3.31. The molecular formula is C11H21ClN2O2. The maximum absolute atomic E-state index is 12.0. The van der Waals surface area contributed by atoms with Crippen molar-refractivity contribution in [1.29, 1.82) is 0 Å². The number of methoxy groups -OCH3 is 1. The molecule has 0 radical (unpaired) electrons. The molecule has 2 aliphatic heterocycles. The molecule has 4 nitrogen and oxygen atoms in total. The third kappa shape index (κ3) is 3.09. The Balaban J connectivity index is 0.00000128. The predicted molar refractivity (Wildman–Crippen MR) is 64.8 cm³/mol. The molecule has 2 aliphatic rings. The summed E-state index contributed by atoms with van der Waals surface area (Å²) in [4.78, 5) is 14.0. The van der Waals surface area contributed by atoms with E-state index in [-0.39, 0.29) is 18.4 Å². The number of carbonyl (C=O) groups excluding carboxylic acids is 1. The van der Waals surface area contributed by atoms with Crippen molar-refractivity contribution in [3.05, 3.63) is 0 Å². The predicted octanol–water partition coefficient (Wildman–Crippen LogP) is 0.655. The quantitative estimate of drug-likeness (QED) is 0.798. The second-order valence-corrected chi connectivity index (χ2v) is 4.54. The van der Waals surface area contributed by atoms with Gasteiger partial charge in [0.25, 0.3) is 0 Å². The van der Waals surface area contributed by atoms with Crippen LogP contribution in [0.3, 0.4) is 0 Å². The highest BCUT2D eigenvalue weighted by Gasteiger charge is 2.31. The van der Waals surface area contributed by atoms with Crippen LogP contribution in [0.1, 0.15) is 19.3 Å². The minimum absolute atomic E-state index is 0. The summed E-state index contributed by atoms with van der Waals surface area (Å²) in [7, 11) is 1.73. The van der Waals surface area contributed by atoms with E-state index in [0.29, 0.717) is 11.8 Å². The van der Waals surface area contributed by atoms with Crippen molar-refractivity contribution in [3.8, 4) is 0 Å². The molecule has 1 unspecified atom stereocenters. The lowest BCUT2D eigenvalue weighted by Crippen LogP contribution is -2.56. The van der Waals surface area contributed by atoms with Crippen LogP contribution >= 0.6 is 12.4 Å². The number of rotatable bonds is 3. The van der Waals surface area contributed by atoms with Gasteiger partial charge in [0.2, 0.25) is 5.91 Å². The molecule has 2 atom stereocenters. The van der Waals surface area contributed by atoms with Gasteiger partial charge in [0.15, 0.2) is 0 Å². The SMILES string of the molecule is COCC1CCCN(C(=O)[C@H]2CCN2)C1.Cl. The largest absolute Gasteiger partial charge is 0.384 e. The number of piperidine rings is 1. The van der Waals surface area contributed by atoms with Crippen molar-refractivity contribution in [3.63, 3.8) is 0 Å². The lowest BCUT2D eigenvalue weighted by Gasteiger charge is -2.37. The van der Waals surface area contributed by atoms with Crippen LogP contribution < -0.4 is 5.32 Å². The highest BCUT2D eigenvalue weighted by Crippen LogP contribution is 2.18. The molecule has 0 aromatic heterocycles. The molecule has 0 aromatic rings. The molecular weight excluding hydrogens is 228 g/mol. The van der Waals surface area contributed by atoms with Crippen LogP contribution in [0.25, 0.3) is 0 Å². The van der Waals surface area contributed by atoms with Crippen LogP contribution in [-0.2, 0) is 9.53 Å². The zero-order chi connectivity index (χ0) is 10.7. The van der Waals surface area contributed by atoms with Crippen molar-refractivity contribution >= 4 is 18.3 Å². The van der Waals surface area contributed by atoms with E-state index in [1.54, 1.807) is 7.11 Å². The normalized spacial score (nSPS) is 29.2. The Morgan fingerprint density at radius 1 is 1.50 bits per heavy atom. The Bertz CT molecular complexity index is 232. The topological polar surface area (TPSA) is 41.6 Å². The molecule has 2 rings (SSSR count). The van der Waals surface area contributed by atoms with Crippen molar-refractivity contribution < 1.29 is 9.53 Å². The monoisotopic (exact) mass is 248 g/mol. The molecule has 0 saturated carbocycles. The van der Waals surface area contributed by atoms with E-state index < -0.39 is 0 Å². The average molecular weight is 249 g/mol. The third-order valence-electron chi connectivity index (χ3n) is 3.35. The van der Waals surface area contributed by atoms with Crippen LogP contribution in [0.2, 0.25) is 0 Å². The number of hydrogen-bond acceptors (Lipinski definition) is 3. The summed E-state index contributed by atoms with van der Waals surface area (Å²) < 4.78 is 5.16. The Labute approximate surface area is 103 Å². The van der Waals surface area contributed by atoms with Gasteiger partial charge in [0, 0.05) is 20.2 Å². The Hall–Kier alpha value is -0.320. The highest BCUT2D eigenvalue weighted by atomic mass is 35.5. The van der Waals surface area contributed by atoms with Gasteiger partial charge in [-0.3, -0.25) is 4.79 Å². The molecule has 94 valence electrons. The molecule has 0 aliphatic carbocycles.